The van der Waals surface area contributed by atoms with Crippen molar-refractivity contribution in [3.05, 3.63) is 0 Å². The van der Waals surface area contributed by atoms with Gasteiger partial charge in [0.05, 0.1) is 12.0 Å². The van der Waals surface area contributed by atoms with Crippen molar-refractivity contribution in [2.45, 2.75) is 33.6 Å². The van der Waals surface area contributed by atoms with Crippen LogP contribution in [0.3, 0.4) is 0 Å². The molecule has 13 heavy (non-hydrogen) atoms. The molecule has 2 fully saturated rings. The molecule has 0 heterocycles. The molecule has 0 aromatic heterocycles. The quantitative estimate of drug-likeness (QED) is 0.704. The average molecular weight is 182 g/mol. The third-order valence-corrected chi connectivity index (χ3v) is 4.49. The molecule has 0 radical (unpaired) electrons. The van der Waals surface area contributed by atoms with E-state index in [9.17, 15) is 9.90 Å². The normalized spacial score (nSPS) is 48.4. The van der Waals surface area contributed by atoms with Gasteiger partial charge in [0.25, 0.3) is 0 Å². The van der Waals surface area contributed by atoms with Crippen LogP contribution in [0.1, 0.15) is 33.6 Å². The van der Waals surface area contributed by atoms with Crippen LogP contribution in [0.2, 0.25) is 0 Å². The molecular formula is C11H18O2. The summed E-state index contributed by atoms with van der Waals surface area (Å²) in [5.74, 6) is 1.31. The van der Waals surface area contributed by atoms with Crippen molar-refractivity contribution in [1.29, 1.82) is 0 Å². The molecule has 0 saturated heterocycles. The van der Waals surface area contributed by atoms with Crippen molar-refractivity contribution in [1.82, 2.24) is 0 Å². The Morgan fingerprint density at radius 1 is 1.62 bits per heavy atom. The number of hydrogen-bond donors (Lipinski definition) is 1. The van der Waals surface area contributed by atoms with E-state index in [1.165, 1.54) is 0 Å². The van der Waals surface area contributed by atoms with Gasteiger partial charge in [-0.05, 0) is 23.7 Å². The summed E-state index contributed by atoms with van der Waals surface area (Å²) in [7, 11) is 0. The maximum atomic E-state index is 11.7. The second kappa shape index (κ2) is 2.35. The Bertz CT molecular complexity index is 259. The summed E-state index contributed by atoms with van der Waals surface area (Å²) in [5, 5.41) is 9.27. The summed E-state index contributed by atoms with van der Waals surface area (Å²) in [5.41, 5.74) is -0.154. The Hall–Kier alpha value is -0.370. The predicted molar refractivity (Wildman–Crippen MR) is 50.2 cm³/mol. The summed E-state index contributed by atoms with van der Waals surface area (Å²) in [6, 6.07) is 0. The van der Waals surface area contributed by atoms with E-state index in [0.717, 1.165) is 6.42 Å². The van der Waals surface area contributed by atoms with E-state index in [1.807, 2.05) is 6.92 Å². The van der Waals surface area contributed by atoms with Gasteiger partial charge < -0.3 is 5.11 Å². The summed E-state index contributed by atoms with van der Waals surface area (Å²) >= 11 is 0. The first-order chi connectivity index (χ1) is 5.97. The second-order valence-corrected chi connectivity index (χ2v) is 5.32. The van der Waals surface area contributed by atoms with Crippen LogP contribution in [0.5, 0.6) is 0 Å². The lowest BCUT2D eigenvalue weighted by molar-refractivity contribution is -0.128. The van der Waals surface area contributed by atoms with Crippen molar-refractivity contribution in [2.24, 2.45) is 22.7 Å². The molecular weight excluding hydrogens is 164 g/mol. The molecule has 74 valence electrons. The van der Waals surface area contributed by atoms with E-state index in [4.69, 9.17) is 0 Å². The molecule has 2 aliphatic rings. The monoisotopic (exact) mass is 182 g/mol. The van der Waals surface area contributed by atoms with E-state index in [0.29, 0.717) is 18.3 Å². The van der Waals surface area contributed by atoms with E-state index in [1.54, 1.807) is 0 Å². The number of aliphatic hydroxyl groups excluding tert-OH is 1. The summed E-state index contributed by atoms with van der Waals surface area (Å²) in [6.07, 6.45) is 1.85. The minimum atomic E-state index is -0.412. The number of ketones is 1. The number of rotatable bonds is 2. The smallest absolute Gasteiger partial charge is 0.141 e. The fraction of sp³-hybridized carbons (Fsp3) is 0.909. The highest BCUT2D eigenvalue weighted by molar-refractivity contribution is 5.90. The molecule has 3 atom stereocenters. The first-order valence-electron chi connectivity index (χ1n) is 5.11. The average Bonchev–Trinajstić information content (AvgIpc) is 2.75. The second-order valence-electron chi connectivity index (χ2n) is 5.32. The molecule has 2 aliphatic carbocycles. The summed E-state index contributed by atoms with van der Waals surface area (Å²) < 4.78 is 0. The Balaban J connectivity index is 2.27. The largest absolute Gasteiger partial charge is 0.395 e. The molecule has 2 heteroatoms. The Morgan fingerprint density at radius 3 is 2.54 bits per heavy atom. The molecule has 0 aliphatic heterocycles. The number of carbonyl (C=O) groups is 1. The van der Waals surface area contributed by atoms with Gasteiger partial charge in [0.1, 0.15) is 5.78 Å². The zero-order valence-electron chi connectivity index (χ0n) is 8.63. The minimum absolute atomic E-state index is 0.0327. The van der Waals surface area contributed by atoms with Gasteiger partial charge in [-0.25, -0.2) is 0 Å². The highest BCUT2D eigenvalue weighted by atomic mass is 16.3. The van der Waals surface area contributed by atoms with Crippen LogP contribution >= 0.6 is 0 Å². The molecule has 2 nitrogen and oxygen atoms in total. The zero-order chi connectivity index (χ0) is 9.85. The van der Waals surface area contributed by atoms with Crippen LogP contribution in [0, 0.1) is 22.7 Å². The van der Waals surface area contributed by atoms with Crippen molar-refractivity contribution in [3.8, 4) is 0 Å². The van der Waals surface area contributed by atoms with Crippen molar-refractivity contribution < 1.29 is 9.90 Å². The molecule has 2 rings (SSSR count). The van der Waals surface area contributed by atoms with Crippen LogP contribution in [-0.4, -0.2) is 17.5 Å². The van der Waals surface area contributed by atoms with Crippen LogP contribution < -0.4 is 0 Å². The molecule has 2 saturated carbocycles. The van der Waals surface area contributed by atoms with Gasteiger partial charge >= 0.3 is 0 Å². The molecule has 0 amide bonds. The van der Waals surface area contributed by atoms with Gasteiger partial charge in [-0.3, -0.25) is 4.79 Å². The molecule has 1 N–H and O–H groups in total. The van der Waals surface area contributed by atoms with Crippen LogP contribution in [-0.2, 0) is 4.79 Å². The highest BCUT2D eigenvalue weighted by Crippen LogP contribution is 2.72. The summed E-state index contributed by atoms with van der Waals surface area (Å²) in [4.78, 5) is 11.7. The SMILES string of the molecule is CC(C)C12CC(=O)[C@@](C)(CO)C1C2. The topological polar surface area (TPSA) is 37.3 Å². The van der Waals surface area contributed by atoms with E-state index in [-0.39, 0.29) is 17.8 Å². The molecule has 2 unspecified atom stereocenters. The number of Topliss-reactive ketones (excluding diaryl/α,β-unsaturated/α-hetero) is 1. The van der Waals surface area contributed by atoms with Gasteiger partial charge in [-0.2, -0.15) is 0 Å². The Labute approximate surface area is 79.3 Å². The van der Waals surface area contributed by atoms with E-state index in [2.05, 4.69) is 13.8 Å². The lowest BCUT2D eigenvalue weighted by Crippen LogP contribution is -2.29. The standard InChI is InChI=1S/C11H18O2/c1-7(2)11-4-8(11)10(3,6-12)9(13)5-11/h7-8,12H,4-6H2,1-3H3/t8?,10-,11?/m0/s1. The van der Waals surface area contributed by atoms with Gasteiger partial charge in [-0.1, -0.05) is 20.8 Å². The predicted octanol–water partition coefficient (Wildman–Crippen LogP) is 1.62. The zero-order valence-corrected chi connectivity index (χ0v) is 8.63. The van der Waals surface area contributed by atoms with Crippen LogP contribution in [0.4, 0.5) is 0 Å². The molecule has 0 aromatic rings. The van der Waals surface area contributed by atoms with Crippen LogP contribution in [0.15, 0.2) is 0 Å². The number of fused-ring (bicyclic) bond motifs is 1. The minimum Gasteiger partial charge on any atom is -0.395 e. The van der Waals surface area contributed by atoms with E-state index < -0.39 is 5.41 Å². The molecule has 0 spiro atoms. The van der Waals surface area contributed by atoms with Gasteiger partial charge in [0.15, 0.2) is 0 Å². The van der Waals surface area contributed by atoms with Crippen molar-refractivity contribution in [3.63, 3.8) is 0 Å². The highest BCUT2D eigenvalue weighted by Gasteiger charge is 2.71. The molecule has 0 aromatic carbocycles. The Kier molecular flexibility index (Phi) is 1.66. The molecule has 0 bridgehead atoms. The van der Waals surface area contributed by atoms with Gasteiger partial charge in [0.2, 0.25) is 0 Å². The van der Waals surface area contributed by atoms with Crippen molar-refractivity contribution in [2.75, 3.05) is 6.61 Å². The fourth-order valence-electron chi connectivity index (χ4n) is 3.11. The maximum absolute atomic E-state index is 11.7. The van der Waals surface area contributed by atoms with Gasteiger partial charge in [-0.15, -0.1) is 0 Å². The maximum Gasteiger partial charge on any atom is 0.141 e. The third-order valence-electron chi connectivity index (χ3n) is 4.49. The van der Waals surface area contributed by atoms with Crippen LogP contribution in [0.25, 0.3) is 0 Å². The Morgan fingerprint density at radius 2 is 2.23 bits per heavy atom. The summed E-state index contributed by atoms with van der Waals surface area (Å²) in [6.45, 7) is 6.34. The number of carbonyl (C=O) groups excluding carboxylic acids is 1. The first kappa shape index (κ1) is 9.20. The first-order valence-corrected chi connectivity index (χ1v) is 5.11. The number of hydrogen-bond acceptors (Lipinski definition) is 2. The van der Waals surface area contributed by atoms with E-state index >= 15 is 0 Å². The third kappa shape index (κ3) is 0.899. The van der Waals surface area contributed by atoms with Gasteiger partial charge in [0, 0.05) is 6.42 Å². The fourth-order valence-corrected chi connectivity index (χ4v) is 3.11. The number of aliphatic hydroxyl groups is 1. The van der Waals surface area contributed by atoms with Crippen molar-refractivity contribution >= 4 is 5.78 Å². The lowest BCUT2D eigenvalue weighted by atomic mass is 9.84. The lowest BCUT2D eigenvalue weighted by Gasteiger charge is -2.20.